The summed E-state index contributed by atoms with van der Waals surface area (Å²) in [6.45, 7) is 10.8. The molecule has 5 rings (SSSR count). The standard InChI is InChI=1S/C34H46N4O6/c1-4-5-16-38-32(41)29(30(39)24(2)3)35-33(42)34(38)14-17-36(18-15-34)23-25-6-10-27(11-7-25)44-28-12-8-26(9-13-28)31(40)37-19-21-43-22-20-37/h6-13,24,29-30,39H,4-5,14-23H2,1-3H3,(H,35,42). The van der Waals surface area contributed by atoms with E-state index < -0.39 is 17.7 Å². The predicted octanol–water partition coefficient (Wildman–Crippen LogP) is 3.43. The molecule has 2 atom stereocenters. The average molecular weight is 607 g/mol. The Kier molecular flexibility index (Phi) is 10.2. The molecule has 3 heterocycles. The fourth-order valence-electron chi connectivity index (χ4n) is 6.35. The first-order chi connectivity index (χ1) is 21.2. The largest absolute Gasteiger partial charge is 0.457 e. The van der Waals surface area contributed by atoms with Crippen molar-refractivity contribution >= 4 is 17.7 Å². The summed E-state index contributed by atoms with van der Waals surface area (Å²) in [6, 6.07) is 14.3. The number of nitrogens with zero attached hydrogens (tertiary/aromatic N) is 3. The molecular formula is C34H46N4O6. The zero-order valence-electron chi connectivity index (χ0n) is 26.2. The van der Waals surface area contributed by atoms with E-state index in [1.54, 1.807) is 21.9 Å². The first-order valence-corrected chi connectivity index (χ1v) is 16.0. The Bertz CT molecular complexity index is 1280. The molecule has 0 aromatic heterocycles. The van der Waals surface area contributed by atoms with Gasteiger partial charge in [-0.1, -0.05) is 39.3 Å². The van der Waals surface area contributed by atoms with Crippen molar-refractivity contribution in [2.75, 3.05) is 45.9 Å². The smallest absolute Gasteiger partial charge is 0.254 e. The lowest BCUT2D eigenvalue weighted by Crippen LogP contribution is -2.74. The SMILES string of the molecule is CCCCN1C(=O)C(C(O)C(C)C)NC(=O)C12CCN(Cc1ccc(Oc3ccc(C(=O)N4CCOCC4)cc3)cc1)CC2. The van der Waals surface area contributed by atoms with E-state index in [4.69, 9.17) is 9.47 Å². The predicted molar refractivity (Wildman–Crippen MR) is 166 cm³/mol. The molecule has 3 saturated heterocycles. The van der Waals surface area contributed by atoms with Crippen LogP contribution in [0.4, 0.5) is 0 Å². The van der Waals surface area contributed by atoms with E-state index in [0.29, 0.717) is 75.8 Å². The first kappa shape index (κ1) is 31.9. The third-order valence-corrected chi connectivity index (χ3v) is 9.17. The summed E-state index contributed by atoms with van der Waals surface area (Å²) in [5, 5.41) is 13.5. The summed E-state index contributed by atoms with van der Waals surface area (Å²) in [7, 11) is 0. The number of piperidine rings is 1. The summed E-state index contributed by atoms with van der Waals surface area (Å²) in [6.07, 6.45) is 1.95. The van der Waals surface area contributed by atoms with E-state index in [1.807, 2.05) is 50.2 Å². The highest BCUT2D eigenvalue weighted by molar-refractivity contribution is 6.00. The van der Waals surface area contributed by atoms with Crippen LogP contribution in [0.25, 0.3) is 0 Å². The Morgan fingerprint density at radius 2 is 1.61 bits per heavy atom. The van der Waals surface area contributed by atoms with Crippen LogP contribution in [0.2, 0.25) is 0 Å². The number of unbranched alkanes of at least 4 members (excludes halogenated alkanes) is 1. The number of morpholine rings is 1. The Morgan fingerprint density at radius 3 is 2.20 bits per heavy atom. The van der Waals surface area contributed by atoms with Crippen molar-refractivity contribution in [2.24, 2.45) is 5.92 Å². The van der Waals surface area contributed by atoms with E-state index in [-0.39, 0.29) is 23.6 Å². The van der Waals surface area contributed by atoms with Crippen LogP contribution >= 0.6 is 0 Å². The van der Waals surface area contributed by atoms with Gasteiger partial charge in [-0.15, -0.1) is 0 Å². The third-order valence-electron chi connectivity index (χ3n) is 9.17. The minimum Gasteiger partial charge on any atom is -0.457 e. The molecule has 2 aromatic carbocycles. The maximum absolute atomic E-state index is 13.5. The van der Waals surface area contributed by atoms with E-state index >= 15 is 0 Å². The van der Waals surface area contributed by atoms with Crippen LogP contribution in [0.5, 0.6) is 11.5 Å². The number of ether oxygens (including phenoxy) is 2. The highest BCUT2D eigenvalue weighted by Gasteiger charge is 2.54. The summed E-state index contributed by atoms with van der Waals surface area (Å²) >= 11 is 0. The molecule has 3 aliphatic heterocycles. The number of hydrogen-bond acceptors (Lipinski definition) is 7. The quantitative estimate of drug-likeness (QED) is 0.426. The van der Waals surface area contributed by atoms with Gasteiger partial charge in [0.15, 0.2) is 0 Å². The molecular weight excluding hydrogens is 560 g/mol. The second kappa shape index (κ2) is 14.1. The lowest BCUT2D eigenvalue weighted by atomic mass is 9.80. The molecule has 1 spiro atoms. The Morgan fingerprint density at radius 1 is 1.00 bits per heavy atom. The molecule has 0 aliphatic carbocycles. The average Bonchev–Trinajstić information content (AvgIpc) is 3.04. The van der Waals surface area contributed by atoms with Crippen LogP contribution in [-0.4, -0.2) is 101 Å². The molecule has 2 N–H and O–H groups in total. The maximum atomic E-state index is 13.5. The molecule has 44 heavy (non-hydrogen) atoms. The zero-order chi connectivity index (χ0) is 31.3. The second-order valence-electron chi connectivity index (χ2n) is 12.5. The first-order valence-electron chi connectivity index (χ1n) is 16.0. The van der Waals surface area contributed by atoms with Crippen molar-refractivity contribution < 1.29 is 29.0 Å². The molecule has 3 aliphatic rings. The minimum absolute atomic E-state index is 0.00587. The zero-order valence-corrected chi connectivity index (χ0v) is 26.2. The van der Waals surface area contributed by atoms with Crippen molar-refractivity contribution in [3.63, 3.8) is 0 Å². The number of likely N-dealkylation sites (tertiary alicyclic amines) is 1. The van der Waals surface area contributed by atoms with Crippen LogP contribution < -0.4 is 10.1 Å². The molecule has 0 saturated carbocycles. The van der Waals surface area contributed by atoms with Gasteiger partial charge in [0, 0.05) is 44.8 Å². The molecule has 2 aromatic rings. The number of piperazine rings is 1. The highest BCUT2D eigenvalue weighted by Crippen LogP contribution is 2.35. The molecule has 0 radical (unpaired) electrons. The van der Waals surface area contributed by atoms with Crippen LogP contribution in [0.15, 0.2) is 48.5 Å². The summed E-state index contributed by atoms with van der Waals surface area (Å²) in [4.78, 5) is 45.7. The normalized spacial score (nSPS) is 21.4. The molecule has 10 nitrogen and oxygen atoms in total. The van der Waals surface area contributed by atoms with Gasteiger partial charge in [0.1, 0.15) is 23.1 Å². The number of aliphatic hydroxyl groups is 1. The van der Waals surface area contributed by atoms with Gasteiger partial charge in [0.2, 0.25) is 11.8 Å². The van der Waals surface area contributed by atoms with E-state index in [1.165, 1.54) is 0 Å². The lowest BCUT2D eigenvalue weighted by Gasteiger charge is -2.52. The van der Waals surface area contributed by atoms with Gasteiger partial charge in [-0.2, -0.15) is 0 Å². The highest BCUT2D eigenvalue weighted by atomic mass is 16.5. The fraction of sp³-hybridized carbons (Fsp3) is 0.559. The number of aliphatic hydroxyl groups excluding tert-OH is 1. The van der Waals surface area contributed by atoms with Crippen LogP contribution in [-0.2, 0) is 20.9 Å². The van der Waals surface area contributed by atoms with Gasteiger partial charge in [-0.25, -0.2) is 0 Å². The van der Waals surface area contributed by atoms with E-state index in [0.717, 1.165) is 24.9 Å². The van der Waals surface area contributed by atoms with Gasteiger partial charge in [-0.05, 0) is 67.1 Å². The number of amides is 3. The molecule has 10 heteroatoms. The number of hydrogen-bond donors (Lipinski definition) is 2. The van der Waals surface area contributed by atoms with Crippen molar-refractivity contribution in [1.29, 1.82) is 0 Å². The maximum Gasteiger partial charge on any atom is 0.254 e. The minimum atomic E-state index is -0.913. The van der Waals surface area contributed by atoms with Gasteiger partial charge in [0.25, 0.3) is 5.91 Å². The Balaban J connectivity index is 1.16. The number of carbonyl (C=O) groups excluding carboxylic acids is 3. The van der Waals surface area contributed by atoms with Crippen molar-refractivity contribution in [2.45, 2.75) is 70.7 Å². The third kappa shape index (κ3) is 6.92. The number of carbonyl (C=O) groups is 3. The summed E-state index contributed by atoms with van der Waals surface area (Å²) in [5.41, 5.74) is 0.900. The number of benzene rings is 2. The van der Waals surface area contributed by atoms with Crippen molar-refractivity contribution in [1.82, 2.24) is 20.0 Å². The second-order valence-corrected chi connectivity index (χ2v) is 12.5. The fourth-order valence-corrected chi connectivity index (χ4v) is 6.35. The van der Waals surface area contributed by atoms with Crippen LogP contribution in [0, 0.1) is 5.92 Å². The molecule has 3 amide bonds. The molecule has 238 valence electrons. The van der Waals surface area contributed by atoms with Crippen molar-refractivity contribution in [3.8, 4) is 11.5 Å². The van der Waals surface area contributed by atoms with Gasteiger partial charge in [-0.3, -0.25) is 19.3 Å². The van der Waals surface area contributed by atoms with Crippen molar-refractivity contribution in [3.05, 3.63) is 59.7 Å². The summed E-state index contributed by atoms with van der Waals surface area (Å²) in [5.74, 6) is 0.932. The Labute approximate surface area is 260 Å². The molecule has 2 unspecified atom stereocenters. The van der Waals surface area contributed by atoms with Gasteiger partial charge >= 0.3 is 0 Å². The van der Waals surface area contributed by atoms with Crippen LogP contribution in [0.3, 0.4) is 0 Å². The Hall–Kier alpha value is -3.47. The molecule has 3 fully saturated rings. The van der Waals surface area contributed by atoms with Crippen LogP contribution in [0.1, 0.15) is 62.4 Å². The van der Waals surface area contributed by atoms with E-state index in [2.05, 4.69) is 17.1 Å². The topological polar surface area (TPSA) is 112 Å². The number of nitrogens with one attached hydrogen (secondary N) is 1. The lowest BCUT2D eigenvalue weighted by molar-refractivity contribution is -0.165. The van der Waals surface area contributed by atoms with Gasteiger partial charge in [0.05, 0.1) is 19.3 Å². The van der Waals surface area contributed by atoms with Gasteiger partial charge < -0.3 is 29.7 Å². The van der Waals surface area contributed by atoms with E-state index in [9.17, 15) is 19.5 Å². The number of rotatable bonds is 10. The summed E-state index contributed by atoms with van der Waals surface area (Å²) < 4.78 is 11.4. The molecule has 0 bridgehead atoms. The monoisotopic (exact) mass is 606 g/mol.